The normalized spacial score (nSPS) is 15.0. The van der Waals surface area contributed by atoms with E-state index >= 15 is 0 Å². The van der Waals surface area contributed by atoms with E-state index < -0.39 is 0 Å². The number of aliphatic imine (C=N–C) groups is 1. The molecule has 1 aliphatic heterocycles. The molecular weight excluding hydrogens is 429 g/mol. The summed E-state index contributed by atoms with van der Waals surface area (Å²) in [6.07, 6.45) is 5.99. The van der Waals surface area contributed by atoms with Gasteiger partial charge in [-0.05, 0) is 18.4 Å². The lowest BCUT2D eigenvalue weighted by atomic mass is 10.1. The molecule has 0 aliphatic carbocycles. The first-order chi connectivity index (χ1) is 11.8. The molecule has 0 radical (unpaired) electrons. The molecule has 1 saturated heterocycles. The molecule has 2 aromatic rings. The van der Waals surface area contributed by atoms with Crippen molar-refractivity contribution in [1.29, 1.82) is 0 Å². The van der Waals surface area contributed by atoms with Crippen LogP contribution in [0.4, 0.5) is 0 Å². The summed E-state index contributed by atoms with van der Waals surface area (Å²) in [5, 5.41) is 0. The number of nitrogens with zero attached hydrogens (tertiary/aromatic N) is 4. The third-order valence-corrected chi connectivity index (χ3v) is 4.23. The van der Waals surface area contributed by atoms with E-state index in [2.05, 4.69) is 43.7 Å². The third kappa shape index (κ3) is 6.00. The molecule has 1 fully saturated rings. The first-order valence-electron chi connectivity index (χ1n) is 8.49. The van der Waals surface area contributed by atoms with E-state index in [0.29, 0.717) is 25.7 Å². The Balaban J connectivity index is 0.00000225. The standard InChI is InChI=1S/C18H25N5O.HI/c19-18(23-11-13-24-14-12-23)21-15-17-20-8-10-22(17)9-4-7-16-5-2-1-3-6-16;/h1-3,5-6,8,10H,4,7,9,11-15H2,(H2,19,21);1H. The molecule has 7 heteroatoms. The molecular formula is C18H26IN5O. The van der Waals surface area contributed by atoms with Gasteiger partial charge in [-0.2, -0.15) is 0 Å². The van der Waals surface area contributed by atoms with E-state index in [4.69, 9.17) is 10.5 Å². The zero-order chi connectivity index (χ0) is 16.6. The second-order valence-corrected chi connectivity index (χ2v) is 5.90. The van der Waals surface area contributed by atoms with E-state index in [1.807, 2.05) is 18.5 Å². The van der Waals surface area contributed by atoms with Crippen molar-refractivity contribution in [1.82, 2.24) is 14.5 Å². The van der Waals surface area contributed by atoms with Crippen LogP contribution in [0.1, 0.15) is 17.8 Å². The Hall–Kier alpha value is -1.61. The maximum Gasteiger partial charge on any atom is 0.191 e. The van der Waals surface area contributed by atoms with Crippen molar-refractivity contribution in [3.63, 3.8) is 0 Å². The minimum Gasteiger partial charge on any atom is -0.378 e. The Labute approximate surface area is 166 Å². The van der Waals surface area contributed by atoms with Crippen molar-refractivity contribution in [3.05, 3.63) is 54.1 Å². The molecule has 6 nitrogen and oxygen atoms in total. The number of morpholine rings is 1. The highest BCUT2D eigenvalue weighted by atomic mass is 127. The van der Waals surface area contributed by atoms with Crippen LogP contribution >= 0.6 is 24.0 Å². The summed E-state index contributed by atoms with van der Waals surface area (Å²) in [4.78, 5) is 11.0. The number of aryl methyl sites for hydroxylation is 2. The number of ether oxygens (including phenoxy) is 1. The third-order valence-electron chi connectivity index (χ3n) is 4.23. The van der Waals surface area contributed by atoms with Crippen LogP contribution in [0.25, 0.3) is 0 Å². The maximum atomic E-state index is 6.07. The molecule has 0 saturated carbocycles. The number of hydrogen-bond acceptors (Lipinski definition) is 3. The maximum absolute atomic E-state index is 6.07. The number of nitrogens with two attached hydrogens (primary N) is 1. The second-order valence-electron chi connectivity index (χ2n) is 5.90. The minimum atomic E-state index is 0. The summed E-state index contributed by atoms with van der Waals surface area (Å²) in [5.74, 6) is 1.54. The number of hydrogen-bond donors (Lipinski definition) is 1. The number of imidazole rings is 1. The molecule has 1 aliphatic rings. The van der Waals surface area contributed by atoms with Crippen molar-refractivity contribution in [2.45, 2.75) is 25.9 Å². The van der Waals surface area contributed by atoms with Gasteiger partial charge in [0.25, 0.3) is 0 Å². The van der Waals surface area contributed by atoms with Crippen molar-refractivity contribution in [3.8, 4) is 0 Å². The lowest BCUT2D eigenvalue weighted by Gasteiger charge is -2.27. The Morgan fingerprint density at radius 3 is 2.72 bits per heavy atom. The number of halogens is 1. The van der Waals surface area contributed by atoms with Crippen LogP contribution in [-0.4, -0.2) is 46.7 Å². The van der Waals surface area contributed by atoms with Crippen LogP contribution < -0.4 is 5.73 Å². The quantitative estimate of drug-likeness (QED) is 0.413. The SMILES string of the molecule is I.NC(=NCc1nccn1CCCc1ccccc1)N1CCOCC1. The number of rotatable bonds is 6. The highest BCUT2D eigenvalue weighted by molar-refractivity contribution is 14.0. The summed E-state index contributed by atoms with van der Waals surface area (Å²) >= 11 is 0. The topological polar surface area (TPSA) is 68.7 Å². The van der Waals surface area contributed by atoms with Crippen LogP contribution in [0.5, 0.6) is 0 Å². The first-order valence-corrected chi connectivity index (χ1v) is 8.49. The highest BCUT2D eigenvalue weighted by Gasteiger charge is 2.12. The van der Waals surface area contributed by atoms with E-state index in [9.17, 15) is 0 Å². The largest absolute Gasteiger partial charge is 0.378 e. The lowest BCUT2D eigenvalue weighted by molar-refractivity contribution is 0.0674. The molecule has 0 spiro atoms. The molecule has 1 aromatic heterocycles. The van der Waals surface area contributed by atoms with Gasteiger partial charge in [-0.15, -0.1) is 24.0 Å². The minimum absolute atomic E-state index is 0. The Morgan fingerprint density at radius 2 is 1.96 bits per heavy atom. The monoisotopic (exact) mass is 455 g/mol. The lowest BCUT2D eigenvalue weighted by Crippen LogP contribution is -2.44. The van der Waals surface area contributed by atoms with Crippen molar-refractivity contribution in [2.75, 3.05) is 26.3 Å². The zero-order valence-corrected chi connectivity index (χ0v) is 16.7. The molecule has 2 heterocycles. The Bertz CT molecular complexity index is 652. The fourth-order valence-corrected chi connectivity index (χ4v) is 2.84. The van der Waals surface area contributed by atoms with Crippen LogP contribution in [0.3, 0.4) is 0 Å². The van der Waals surface area contributed by atoms with Gasteiger partial charge < -0.3 is 19.9 Å². The fourth-order valence-electron chi connectivity index (χ4n) is 2.84. The number of benzene rings is 1. The molecule has 0 unspecified atom stereocenters. The van der Waals surface area contributed by atoms with Gasteiger partial charge in [-0.25, -0.2) is 9.98 Å². The van der Waals surface area contributed by atoms with Gasteiger partial charge in [0.2, 0.25) is 0 Å². The fraction of sp³-hybridized carbons (Fsp3) is 0.444. The van der Waals surface area contributed by atoms with Gasteiger partial charge in [-0.3, -0.25) is 0 Å². The summed E-state index contributed by atoms with van der Waals surface area (Å²) in [5.41, 5.74) is 7.44. The molecule has 0 bridgehead atoms. The molecule has 25 heavy (non-hydrogen) atoms. The van der Waals surface area contributed by atoms with Crippen molar-refractivity contribution < 1.29 is 4.74 Å². The first kappa shape index (κ1) is 19.7. The predicted molar refractivity (Wildman–Crippen MR) is 110 cm³/mol. The van der Waals surface area contributed by atoms with Crippen molar-refractivity contribution >= 4 is 29.9 Å². The average Bonchev–Trinajstić information content (AvgIpc) is 3.09. The summed E-state index contributed by atoms with van der Waals surface area (Å²) in [6, 6.07) is 10.6. The predicted octanol–water partition coefficient (Wildman–Crippen LogP) is 2.28. The number of aromatic nitrogens is 2. The van der Waals surface area contributed by atoms with Crippen LogP contribution in [0.15, 0.2) is 47.7 Å². The van der Waals surface area contributed by atoms with Gasteiger partial charge in [-0.1, -0.05) is 30.3 Å². The smallest absolute Gasteiger partial charge is 0.191 e. The zero-order valence-electron chi connectivity index (χ0n) is 14.4. The van der Waals surface area contributed by atoms with E-state index in [1.165, 1.54) is 5.56 Å². The highest BCUT2D eigenvalue weighted by Crippen LogP contribution is 2.07. The Morgan fingerprint density at radius 1 is 1.20 bits per heavy atom. The van der Waals surface area contributed by atoms with E-state index in [-0.39, 0.29) is 24.0 Å². The summed E-state index contributed by atoms with van der Waals surface area (Å²) in [7, 11) is 0. The van der Waals surface area contributed by atoms with Gasteiger partial charge >= 0.3 is 0 Å². The molecule has 0 amide bonds. The van der Waals surface area contributed by atoms with Crippen molar-refractivity contribution in [2.24, 2.45) is 10.7 Å². The van der Waals surface area contributed by atoms with Crippen LogP contribution in [-0.2, 0) is 24.2 Å². The van der Waals surface area contributed by atoms with Gasteiger partial charge in [0.1, 0.15) is 12.4 Å². The number of guanidine groups is 1. The van der Waals surface area contributed by atoms with Gasteiger partial charge in [0.15, 0.2) is 5.96 Å². The van der Waals surface area contributed by atoms with E-state index in [1.54, 1.807) is 0 Å². The van der Waals surface area contributed by atoms with Crippen LogP contribution in [0.2, 0.25) is 0 Å². The average molecular weight is 455 g/mol. The van der Waals surface area contributed by atoms with Crippen LogP contribution in [0, 0.1) is 0 Å². The molecule has 2 N–H and O–H groups in total. The summed E-state index contributed by atoms with van der Waals surface area (Å²) < 4.78 is 7.50. The molecule has 1 aromatic carbocycles. The molecule has 3 rings (SSSR count). The second kappa shape index (κ2) is 10.4. The van der Waals surface area contributed by atoms with Gasteiger partial charge in [0.05, 0.1) is 13.2 Å². The summed E-state index contributed by atoms with van der Waals surface area (Å²) in [6.45, 7) is 4.50. The molecule has 0 atom stereocenters. The van der Waals surface area contributed by atoms with E-state index in [0.717, 1.165) is 38.3 Å². The molecule has 136 valence electrons. The Kier molecular flexibility index (Phi) is 8.20. The van der Waals surface area contributed by atoms with Gasteiger partial charge in [0, 0.05) is 32.0 Å².